The van der Waals surface area contributed by atoms with Crippen molar-refractivity contribution in [2.75, 3.05) is 5.32 Å². The number of benzene rings is 2. The predicted octanol–water partition coefficient (Wildman–Crippen LogP) is 3.59. The van der Waals surface area contributed by atoms with Crippen LogP contribution < -0.4 is 5.32 Å². The second-order valence-electron chi connectivity index (χ2n) is 4.21. The number of nitrogens with one attached hydrogen (secondary N) is 1. The lowest BCUT2D eigenvalue weighted by molar-refractivity contribution is 0.667. The van der Waals surface area contributed by atoms with Crippen LogP contribution in [-0.2, 0) is 6.42 Å². The van der Waals surface area contributed by atoms with Crippen LogP contribution in [0.5, 0.6) is 0 Å². The van der Waals surface area contributed by atoms with Crippen molar-refractivity contribution in [2.45, 2.75) is 18.9 Å². The molecule has 1 atom stereocenters. The highest BCUT2D eigenvalue weighted by Gasteiger charge is 2.18. The number of rotatable bonds is 1. The lowest BCUT2D eigenvalue weighted by atomic mass is 9.94. The normalized spacial score (nSPS) is 18.6. The van der Waals surface area contributed by atoms with Gasteiger partial charge in [0.1, 0.15) is 0 Å². The number of anilines is 1. The van der Waals surface area contributed by atoms with Crippen molar-refractivity contribution in [3.8, 4) is 0 Å². The molecule has 0 aliphatic carbocycles. The summed E-state index contributed by atoms with van der Waals surface area (Å²) in [6, 6.07) is 20.5. The minimum atomic E-state index is 0.413. The molecule has 1 aliphatic rings. The van der Waals surface area contributed by atoms with E-state index in [1.165, 1.54) is 16.8 Å². The van der Waals surface area contributed by atoms with Gasteiger partial charge >= 0.3 is 0 Å². The second kappa shape index (κ2) is 4.01. The molecule has 2 aromatic rings. The van der Waals surface area contributed by atoms with Crippen molar-refractivity contribution >= 4 is 5.69 Å². The van der Waals surface area contributed by atoms with Gasteiger partial charge in [0.05, 0.1) is 6.04 Å². The van der Waals surface area contributed by atoms with Crippen LogP contribution in [0.25, 0.3) is 0 Å². The summed E-state index contributed by atoms with van der Waals surface area (Å²) >= 11 is 0. The van der Waals surface area contributed by atoms with E-state index in [4.69, 9.17) is 0 Å². The van der Waals surface area contributed by atoms with E-state index in [9.17, 15) is 0 Å². The Morgan fingerprint density at radius 1 is 1.06 bits per heavy atom. The third-order valence-corrected chi connectivity index (χ3v) is 3.16. The zero-order valence-corrected chi connectivity index (χ0v) is 9.11. The Morgan fingerprint density at radius 2 is 1.94 bits per heavy atom. The molecule has 3 rings (SSSR count). The molecule has 0 saturated carbocycles. The van der Waals surface area contributed by atoms with E-state index in [1.54, 1.807) is 0 Å². The molecule has 0 aromatic heterocycles. The fourth-order valence-electron chi connectivity index (χ4n) is 2.30. The average molecular weight is 208 g/mol. The van der Waals surface area contributed by atoms with Gasteiger partial charge in [-0.3, -0.25) is 0 Å². The quantitative estimate of drug-likeness (QED) is 0.755. The maximum absolute atomic E-state index is 3.58. The summed E-state index contributed by atoms with van der Waals surface area (Å²) in [7, 11) is 0. The standard InChI is InChI=1S/C15H14N/c1-2-6-12(7-3-1)15-11-10-13-8-4-5-9-14(13)16-15/h1-6,8-9,15-16H,10-11H2. The first-order chi connectivity index (χ1) is 7.93. The van der Waals surface area contributed by atoms with Crippen molar-refractivity contribution in [3.05, 3.63) is 65.7 Å². The fraction of sp³-hybridized carbons (Fsp3) is 0.200. The van der Waals surface area contributed by atoms with Gasteiger partial charge in [-0.05, 0) is 36.1 Å². The summed E-state index contributed by atoms with van der Waals surface area (Å²) in [6.07, 6.45) is 2.30. The van der Waals surface area contributed by atoms with Gasteiger partial charge in [0.2, 0.25) is 0 Å². The summed E-state index contributed by atoms with van der Waals surface area (Å²) in [5, 5.41) is 3.58. The lowest BCUT2D eigenvalue weighted by Gasteiger charge is -2.27. The molecule has 0 bridgehead atoms. The first-order valence-corrected chi connectivity index (χ1v) is 5.74. The molecule has 1 heterocycles. The summed E-state index contributed by atoms with van der Waals surface area (Å²) in [5.41, 5.74) is 3.96. The number of fused-ring (bicyclic) bond motifs is 1. The Bertz CT molecular complexity index is 476. The topological polar surface area (TPSA) is 12.0 Å². The molecule has 1 heteroatoms. The van der Waals surface area contributed by atoms with Crippen LogP contribution in [0.3, 0.4) is 0 Å². The maximum Gasteiger partial charge on any atom is 0.0523 e. The van der Waals surface area contributed by atoms with E-state index in [1.807, 2.05) is 12.1 Å². The third-order valence-electron chi connectivity index (χ3n) is 3.16. The van der Waals surface area contributed by atoms with Crippen LogP contribution in [-0.4, -0.2) is 0 Å². The second-order valence-corrected chi connectivity index (χ2v) is 4.21. The van der Waals surface area contributed by atoms with Gasteiger partial charge < -0.3 is 5.32 Å². The van der Waals surface area contributed by atoms with Crippen LogP contribution in [0.4, 0.5) is 5.69 Å². The Morgan fingerprint density at radius 3 is 2.81 bits per heavy atom. The summed E-state index contributed by atoms with van der Waals surface area (Å²) in [5.74, 6) is 0. The molecular weight excluding hydrogens is 194 g/mol. The van der Waals surface area contributed by atoms with Gasteiger partial charge in [0.25, 0.3) is 0 Å². The van der Waals surface area contributed by atoms with Gasteiger partial charge in [-0.25, -0.2) is 0 Å². The highest BCUT2D eigenvalue weighted by molar-refractivity contribution is 5.54. The molecule has 1 N–H and O–H groups in total. The SMILES string of the molecule is [c]1ccccc1C1CCc2ccccc2N1. The zero-order chi connectivity index (χ0) is 10.8. The Hall–Kier alpha value is -1.76. The van der Waals surface area contributed by atoms with Crippen molar-refractivity contribution < 1.29 is 0 Å². The van der Waals surface area contributed by atoms with Crippen LogP contribution >= 0.6 is 0 Å². The molecule has 1 unspecified atom stereocenters. The maximum atomic E-state index is 3.58. The van der Waals surface area contributed by atoms with Gasteiger partial charge in [-0.1, -0.05) is 42.5 Å². The van der Waals surface area contributed by atoms with E-state index < -0.39 is 0 Å². The monoisotopic (exact) mass is 208 g/mol. The largest absolute Gasteiger partial charge is 0.378 e. The molecule has 79 valence electrons. The van der Waals surface area contributed by atoms with Gasteiger partial charge in [-0.15, -0.1) is 0 Å². The van der Waals surface area contributed by atoms with E-state index >= 15 is 0 Å². The summed E-state index contributed by atoms with van der Waals surface area (Å²) in [4.78, 5) is 0. The average Bonchev–Trinajstić information content (AvgIpc) is 2.39. The van der Waals surface area contributed by atoms with Gasteiger partial charge in [0.15, 0.2) is 0 Å². The van der Waals surface area contributed by atoms with Gasteiger partial charge in [-0.2, -0.15) is 0 Å². The highest BCUT2D eigenvalue weighted by atomic mass is 14.9. The number of hydrogen-bond acceptors (Lipinski definition) is 1. The lowest BCUT2D eigenvalue weighted by Crippen LogP contribution is -2.17. The summed E-state index contributed by atoms with van der Waals surface area (Å²) in [6.45, 7) is 0. The number of hydrogen-bond donors (Lipinski definition) is 1. The predicted molar refractivity (Wildman–Crippen MR) is 66.4 cm³/mol. The van der Waals surface area contributed by atoms with Crippen molar-refractivity contribution in [1.29, 1.82) is 0 Å². The molecule has 2 aromatic carbocycles. The highest BCUT2D eigenvalue weighted by Crippen LogP contribution is 2.31. The molecule has 1 radical (unpaired) electrons. The smallest absolute Gasteiger partial charge is 0.0523 e. The first kappa shape index (κ1) is 9.46. The fourth-order valence-corrected chi connectivity index (χ4v) is 2.30. The molecule has 0 saturated heterocycles. The minimum absolute atomic E-state index is 0.413. The van der Waals surface area contributed by atoms with Crippen molar-refractivity contribution in [1.82, 2.24) is 0 Å². The van der Waals surface area contributed by atoms with E-state index in [2.05, 4.69) is 47.8 Å². The summed E-state index contributed by atoms with van der Waals surface area (Å²) < 4.78 is 0. The van der Waals surface area contributed by atoms with Crippen molar-refractivity contribution in [3.63, 3.8) is 0 Å². The minimum Gasteiger partial charge on any atom is -0.378 e. The number of aryl methyl sites for hydroxylation is 1. The Balaban J connectivity index is 1.89. The van der Waals surface area contributed by atoms with Gasteiger partial charge in [0, 0.05) is 5.69 Å². The molecule has 16 heavy (non-hydrogen) atoms. The Labute approximate surface area is 96.1 Å². The molecule has 0 amide bonds. The molecule has 1 aliphatic heterocycles. The van der Waals surface area contributed by atoms with E-state index in [-0.39, 0.29) is 0 Å². The van der Waals surface area contributed by atoms with Crippen LogP contribution in [0.1, 0.15) is 23.6 Å². The first-order valence-electron chi connectivity index (χ1n) is 5.74. The zero-order valence-electron chi connectivity index (χ0n) is 9.11. The molecule has 0 spiro atoms. The van der Waals surface area contributed by atoms with E-state index in [0.717, 1.165) is 12.8 Å². The Kier molecular flexibility index (Phi) is 2.37. The molecular formula is C15H14N. The third kappa shape index (κ3) is 1.69. The van der Waals surface area contributed by atoms with Crippen LogP contribution in [0.15, 0.2) is 48.5 Å². The van der Waals surface area contributed by atoms with E-state index in [0.29, 0.717) is 6.04 Å². The number of para-hydroxylation sites is 1. The van der Waals surface area contributed by atoms with Crippen molar-refractivity contribution in [2.24, 2.45) is 0 Å². The molecule has 0 fully saturated rings. The van der Waals surface area contributed by atoms with Crippen LogP contribution in [0, 0.1) is 6.07 Å². The molecule has 1 nitrogen and oxygen atoms in total. The van der Waals surface area contributed by atoms with Crippen LogP contribution in [0.2, 0.25) is 0 Å².